The average molecular weight is 446 g/mol. The van der Waals surface area contributed by atoms with Gasteiger partial charge < -0.3 is 5.32 Å². The molecule has 28 heavy (non-hydrogen) atoms. The second-order valence-electron chi connectivity index (χ2n) is 5.86. The van der Waals surface area contributed by atoms with Crippen LogP contribution in [-0.4, -0.2) is 21.6 Å². The van der Waals surface area contributed by atoms with Crippen LogP contribution in [0.25, 0.3) is 21.3 Å². The standard InChI is InChI=1S/C20H13Cl2N3OS2/c21-13-6-4-12(5-7-13)16-9-27-19-18(16)20(24-11-23-19)28-10-17(26)25-15-3-1-2-14(22)8-15/h1-9,11H,10H2,(H,25,26). The summed E-state index contributed by atoms with van der Waals surface area (Å²) in [5, 5.41) is 7.90. The van der Waals surface area contributed by atoms with Crippen LogP contribution in [0, 0.1) is 0 Å². The summed E-state index contributed by atoms with van der Waals surface area (Å²) < 4.78 is 0. The van der Waals surface area contributed by atoms with Crippen LogP contribution in [0.15, 0.2) is 65.3 Å². The van der Waals surface area contributed by atoms with Crippen molar-refractivity contribution in [1.29, 1.82) is 0 Å². The van der Waals surface area contributed by atoms with Gasteiger partial charge in [0, 0.05) is 26.7 Å². The topological polar surface area (TPSA) is 54.9 Å². The molecule has 0 unspecified atom stereocenters. The molecule has 2 aromatic heterocycles. The van der Waals surface area contributed by atoms with Crippen LogP contribution in [0.2, 0.25) is 10.0 Å². The third kappa shape index (κ3) is 4.31. The number of anilines is 1. The molecule has 0 bridgehead atoms. The number of thiophene rings is 1. The molecule has 0 aliphatic heterocycles. The second kappa shape index (κ2) is 8.49. The van der Waals surface area contributed by atoms with Crippen molar-refractivity contribution >= 4 is 68.1 Å². The summed E-state index contributed by atoms with van der Waals surface area (Å²) in [6.45, 7) is 0. The van der Waals surface area contributed by atoms with Gasteiger partial charge in [-0.3, -0.25) is 4.79 Å². The number of amides is 1. The maximum absolute atomic E-state index is 12.3. The van der Waals surface area contributed by atoms with Gasteiger partial charge in [-0.2, -0.15) is 0 Å². The van der Waals surface area contributed by atoms with Gasteiger partial charge in [0.1, 0.15) is 16.2 Å². The van der Waals surface area contributed by atoms with Crippen LogP contribution in [0.5, 0.6) is 0 Å². The number of halogens is 2. The summed E-state index contributed by atoms with van der Waals surface area (Å²) in [7, 11) is 0. The maximum atomic E-state index is 12.3. The number of rotatable bonds is 5. The fraction of sp³-hybridized carbons (Fsp3) is 0.0500. The number of benzene rings is 2. The fourth-order valence-electron chi connectivity index (χ4n) is 2.70. The SMILES string of the molecule is O=C(CSc1ncnc2scc(-c3ccc(Cl)cc3)c12)Nc1cccc(Cl)c1. The Morgan fingerprint density at radius 2 is 1.89 bits per heavy atom. The van der Waals surface area contributed by atoms with Crippen LogP contribution in [0.4, 0.5) is 5.69 Å². The lowest BCUT2D eigenvalue weighted by molar-refractivity contribution is -0.113. The van der Waals surface area contributed by atoms with E-state index in [1.807, 2.05) is 24.3 Å². The summed E-state index contributed by atoms with van der Waals surface area (Å²) in [5.41, 5.74) is 2.74. The number of hydrogen-bond donors (Lipinski definition) is 1. The highest BCUT2D eigenvalue weighted by atomic mass is 35.5. The lowest BCUT2D eigenvalue weighted by atomic mass is 10.1. The van der Waals surface area contributed by atoms with E-state index in [1.54, 1.807) is 35.6 Å². The van der Waals surface area contributed by atoms with Crippen LogP contribution >= 0.6 is 46.3 Å². The van der Waals surface area contributed by atoms with Crippen LogP contribution in [0.1, 0.15) is 0 Å². The third-order valence-electron chi connectivity index (χ3n) is 3.94. The van der Waals surface area contributed by atoms with Crippen molar-refractivity contribution in [2.45, 2.75) is 5.03 Å². The van der Waals surface area contributed by atoms with Crippen LogP contribution in [-0.2, 0) is 4.79 Å². The predicted molar refractivity (Wildman–Crippen MR) is 119 cm³/mol. The normalized spacial score (nSPS) is 10.9. The Hall–Kier alpha value is -2.12. The largest absolute Gasteiger partial charge is 0.325 e. The Morgan fingerprint density at radius 3 is 2.68 bits per heavy atom. The predicted octanol–water partition coefficient (Wildman–Crippen LogP) is 6.40. The first kappa shape index (κ1) is 19.2. The molecule has 0 atom stereocenters. The van der Waals surface area contributed by atoms with Crippen molar-refractivity contribution in [3.63, 3.8) is 0 Å². The summed E-state index contributed by atoms with van der Waals surface area (Å²) in [5.74, 6) is 0.108. The van der Waals surface area contributed by atoms with Crippen molar-refractivity contribution in [2.24, 2.45) is 0 Å². The second-order valence-corrected chi connectivity index (χ2v) is 8.56. The summed E-state index contributed by atoms with van der Waals surface area (Å²) in [6.07, 6.45) is 1.53. The summed E-state index contributed by atoms with van der Waals surface area (Å²) in [6, 6.07) is 14.7. The van der Waals surface area contributed by atoms with E-state index >= 15 is 0 Å². The van der Waals surface area contributed by atoms with Gasteiger partial charge in [0.2, 0.25) is 5.91 Å². The molecule has 2 aromatic carbocycles. The van der Waals surface area contributed by atoms with Crippen molar-refractivity contribution in [3.05, 3.63) is 70.3 Å². The Morgan fingerprint density at radius 1 is 1.07 bits per heavy atom. The highest BCUT2D eigenvalue weighted by Gasteiger charge is 2.15. The lowest BCUT2D eigenvalue weighted by Crippen LogP contribution is -2.14. The summed E-state index contributed by atoms with van der Waals surface area (Å²) in [4.78, 5) is 22.0. The Labute approximate surface area is 179 Å². The maximum Gasteiger partial charge on any atom is 0.234 e. The molecule has 0 saturated carbocycles. The molecule has 140 valence electrons. The molecular weight excluding hydrogens is 433 g/mol. The third-order valence-corrected chi connectivity index (χ3v) is 6.30. The molecular formula is C20H13Cl2N3OS2. The molecule has 0 aliphatic carbocycles. The molecule has 0 radical (unpaired) electrons. The van der Waals surface area contributed by atoms with Gasteiger partial charge >= 0.3 is 0 Å². The lowest BCUT2D eigenvalue weighted by Gasteiger charge is -2.07. The quantitative estimate of drug-likeness (QED) is 0.285. The van der Waals surface area contributed by atoms with Gasteiger partial charge in [-0.05, 0) is 35.9 Å². The Bertz CT molecular complexity index is 1150. The molecule has 4 nitrogen and oxygen atoms in total. The van der Waals surface area contributed by atoms with E-state index in [-0.39, 0.29) is 11.7 Å². The molecule has 2 heterocycles. The first-order valence-corrected chi connectivity index (χ1v) is 10.9. The zero-order valence-electron chi connectivity index (χ0n) is 14.4. The molecule has 1 amide bonds. The molecule has 1 N–H and O–H groups in total. The first-order chi connectivity index (χ1) is 13.6. The highest BCUT2D eigenvalue weighted by Crippen LogP contribution is 2.38. The minimum atomic E-state index is -0.123. The smallest absolute Gasteiger partial charge is 0.234 e. The molecule has 4 aromatic rings. The van der Waals surface area contributed by atoms with Gasteiger partial charge in [-0.15, -0.1) is 11.3 Å². The van der Waals surface area contributed by atoms with Crippen molar-refractivity contribution in [1.82, 2.24) is 9.97 Å². The zero-order valence-corrected chi connectivity index (χ0v) is 17.5. The van der Waals surface area contributed by atoms with E-state index < -0.39 is 0 Å². The molecule has 8 heteroatoms. The zero-order chi connectivity index (χ0) is 19.5. The number of fused-ring (bicyclic) bond motifs is 1. The van der Waals surface area contributed by atoms with E-state index in [1.165, 1.54) is 18.1 Å². The van der Waals surface area contributed by atoms with Gasteiger partial charge in [0.15, 0.2) is 0 Å². The fourth-order valence-corrected chi connectivity index (χ4v) is 4.81. The van der Waals surface area contributed by atoms with E-state index in [0.29, 0.717) is 15.7 Å². The Balaban J connectivity index is 1.56. The van der Waals surface area contributed by atoms with Crippen molar-refractivity contribution < 1.29 is 4.79 Å². The summed E-state index contributed by atoms with van der Waals surface area (Å²) >= 11 is 14.9. The van der Waals surface area contributed by atoms with Crippen molar-refractivity contribution in [2.75, 3.05) is 11.1 Å². The molecule has 4 rings (SSSR count). The van der Waals surface area contributed by atoms with Gasteiger partial charge in [-0.1, -0.05) is 53.2 Å². The number of thioether (sulfide) groups is 1. The van der Waals surface area contributed by atoms with Gasteiger partial charge in [0.25, 0.3) is 0 Å². The number of hydrogen-bond acceptors (Lipinski definition) is 5. The highest BCUT2D eigenvalue weighted by molar-refractivity contribution is 8.00. The first-order valence-electron chi connectivity index (χ1n) is 8.26. The van der Waals surface area contributed by atoms with E-state index in [9.17, 15) is 4.79 Å². The number of carbonyl (C=O) groups excluding carboxylic acids is 1. The van der Waals surface area contributed by atoms with Gasteiger partial charge in [-0.25, -0.2) is 9.97 Å². The van der Waals surface area contributed by atoms with Crippen LogP contribution in [0.3, 0.4) is 0 Å². The molecule has 0 spiro atoms. The van der Waals surface area contributed by atoms with E-state index in [4.69, 9.17) is 23.2 Å². The molecule has 0 fully saturated rings. The minimum Gasteiger partial charge on any atom is -0.325 e. The van der Waals surface area contributed by atoms with E-state index in [2.05, 4.69) is 20.7 Å². The van der Waals surface area contributed by atoms with Crippen LogP contribution < -0.4 is 5.32 Å². The number of aromatic nitrogens is 2. The monoisotopic (exact) mass is 445 g/mol. The minimum absolute atomic E-state index is 0.123. The van der Waals surface area contributed by atoms with Gasteiger partial charge in [0.05, 0.1) is 11.1 Å². The van der Waals surface area contributed by atoms with E-state index in [0.717, 1.165) is 26.4 Å². The Kier molecular flexibility index (Phi) is 5.82. The molecule has 0 saturated heterocycles. The van der Waals surface area contributed by atoms with Crippen molar-refractivity contribution in [3.8, 4) is 11.1 Å². The number of nitrogens with zero attached hydrogens (tertiary/aromatic N) is 2. The average Bonchev–Trinajstić information content (AvgIpc) is 3.12. The number of nitrogens with one attached hydrogen (secondary N) is 1. The number of carbonyl (C=O) groups is 1. The molecule has 0 aliphatic rings.